The van der Waals surface area contributed by atoms with E-state index in [2.05, 4.69) is 48.1 Å². The van der Waals surface area contributed by atoms with E-state index in [-0.39, 0.29) is 11.3 Å². The molecule has 0 aliphatic rings. The van der Waals surface area contributed by atoms with Gasteiger partial charge in [-0.3, -0.25) is 4.79 Å². The van der Waals surface area contributed by atoms with Crippen LogP contribution in [-0.2, 0) is 12.0 Å². The summed E-state index contributed by atoms with van der Waals surface area (Å²) in [6.45, 7) is 9.26. The molecule has 5 heteroatoms. The van der Waals surface area contributed by atoms with Crippen molar-refractivity contribution in [2.45, 2.75) is 39.7 Å². The molecular formula is C26H28BrNO3. The van der Waals surface area contributed by atoms with Gasteiger partial charge in [-0.25, -0.2) is 0 Å². The van der Waals surface area contributed by atoms with Crippen LogP contribution in [0.3, 0.4) is 0 Å². The van der Waals surface area contributed by atoms with Crippen molar-refractivity contribution in [2.24, 2.45) is 0 Å². The van der Waals surface area contributed by atoms with Crippen LogP contribution in [0.4, 0.5) is 5.69 Å². The number of para-hydroxylation sites is 2. The van der Waals surface area contributed by atoms with E-state index in [1.807, 2.05) is 61.5 Å². The van der Waals surface area contributed by atoms with E-state index < -0.39 is 0 Å². The second-order valence-corrected chi connectivity index (χ2v) is 9.08. The van der Waals surface area contributed by atoms with Crippen LogP contribution in [0.5, 0.6) is 11.5 Å². The van der Waals surface area contributed by atoms with E-state index in [1.165, 1.54) is 0 Å². The first-order valence-corrected chi connectivity index (χ1v) is 11.1. The molecule has 0 aliphatic heterocycles. The number of ether oxygens (including phenoxy) is 2. The van der Waals surface area contributed by atoms with Gasteiger partial charge >= 0.3 is 0 Å². The van der Waals surface area contributed by atoms with Gasteiger partial charge in [0.1, 0.15) is 18.1 Å². The first kappa shape index (κ1) is 22.9. The largest absolute Gasteiger partial charge is 0.493 e. The van der Waals surface area contributed by atoms with E-state index in [9.17, 15) is 4.79 Å². The highest BCUT2D eigenvalue weighted by Gasteiger charge is 2.19. The van der Waals surface area contributed by atoms with Gasteiger partial charge in [-0.05, 0) is 70.2 Å². The van der Waals surface area contributed by atoms with Crippen LogP contribution >= 0.6 is 15.9 Å². The van der Waals surface area contributed by atoms with Crippen molar-refractivity contribution in [1.29, 1.82) is 0 Å². The van der Waals surface area contributed by atoms with E-state index in [0.29, 0.717) is 24.5 Å². The minimum Gasteiger partial charge on any atom is -0.493 e. The summed E-state index contributed by atoms with van der Waals surface area (Å²) < 4.78 is 12.8. The van der Waals surface area contributed by atoms with Crippen molar-refractivity contribution in [1.82, 2.24) is 0 Å². The Bertz CT molecular complexity index is 1060. The van der Waals surface area contributed by atoms with Gasteiger partial charge in [-0.15, -0.1) is 0 Å². The van der Waals surface area contributed by atoms with Gasteiger partial charge in [0.25, 0.3) is 5.91 Å². The highest BCUT2D eigenvalue weighted by Crippen LogP contribution is 2.32. The van der Waals surface area contributed by atoms with Crippen LogP contribution in [-0.4, -0.2) is 12.5 Å². The lowest BCUT2D eigenvalue weighted by molar-refractivity contribution is 0.102. The Morgan fingerprint density at radius 3 is 2.35 bits per heavy atom. The summed E-state index contributed by atoms with van der Waals surface area (Å²) in [5.41, 5.74) is 3.19. The molecule has 0 saturated heterocycles. The monoisotopic (exact) mass is 481 g/mol. The average Bonchev–Trinajstić information content (AvgIpc) is 2.74. The number of carbonyl (C=O) groups excluding carboxylic acids is 1. The third-order valence-corrected chi connectivity index (χ3v) is 5.51. The fraction of sp³-hybridized carbons (Fsp3) is 0.269. The molecule has 0 fully saturated rings. The van der Waals surface area contributed by atoms with Gasteiger partial charge in [0, 0.05) is 15.6 Å². The molecule has 162 valence electrons. The summed E-state index contributed by atoms with van der Waals surface area (Å²) in [7, 11) is 0. The number of rotatable bonds is 7. The summed E-state index contributed by atoms with van der Waals surface area (Å²) in [6.07, 6.45) is 0. The van der Waals surface area contributed by atoms with E-state index in [0.717, 1.165) is 27.0 Å². The lowest BCUT2D eigenvalue weighted by atomic mass is 9.86. The fourth-order valence-electron chi connectivity index (χ4n) is 3.25. The van der Waals surface area contributed by atoms with E-state index in [4.69, 9.17) is 9.47 Å². The SMILES string of the molecule is CCOc1ccc(C(=O)Nc2ccccc2Br)cc1COc1ccccc1C(C)(C)C. The molecule has 0 saturated carbocycles. The predicted molar refractivity (Wildman–Crippen MR) is 129 cm³/mol. The van der Waals surface area contributed by atoms with E-state index in [1.54, 1.807) is 6.07 Å². The molecule has 3 rings (SSSR count). The maximum atomic E-state index is 12.8. The molecule has 0 heterocycles. The Morgan fingerprint density at radius 2 is 1.65 bits per heavy atom. The van der Waals surface area contributed by atoms with Gasteiger partial charge in [0.05, 0.1) is 12.3 Å². The Hall–Kier alpha value is -2.79. The third-order valence-electron chi connectivity index (χ3n) is 4.82. The predicted octanol–water partition coefficient (Wildman–Crippen LogP) is 6.98. The molecule has 31 heavy (non-hydrogen) atoms. The summed E-state index contributed by atoms with van der Waals surface area (Å²) >= 11 is 3.46. The first-order chi connectivity index (χ1) is 14.8. The number of amides is 1. The fourth-order valence-corrected chi connectivity index (χ4v) is 3.64. The highest BCUT2D eigenvalue weighted by atomic mass is 79.9. The molecule has 0 aliphatic carbocycles. The summed E-state index contributed by atoms with van der Waals surface area (Å²) in [5.74, 6) is 1.36. The summed E-state index contributed by atoms with van der Waals surface area (Å²) in [4.78, 5) is 12.8. The topological polar surface area (TPSA) is 47.6 Å². The Labute approximate surface area is 192 Å². The standard InChI is InChI=1S/C26H28BrNO3/c1-5-30-23-15-14-18(25(29)28-22-12-8-7-11-21(22)27)16-19(23)17-31-24-13-9-6-10-20(24)26(2,3)4/h6-16H,5,17H2,1-4H3,(H,28,29). The minimum absolute atomic E-state index is 0.0376. The van der Waals surface area contributed by atoms with Gasteiger partial charge < -0.3 is 14.8 Å². The Morgan fingerprint density at radius 1 is 0.935 bits per heavy atom. The quantitative estimate of drug-likeness (QED) is 0.395. The maximum Gasteiger partial charge on any atom is 0.255 e. The smallest absolute Gasteiger partial charge is 0.255 e. The number of benzene rings is 3. The molecule has 3 aromatic carbocycles. The van der Waals surface area contributed by atoms with Crippen LogP contribution in [0, 0.1) is 0 Å². The van der Waals surface area contributed by atoms with Crippen molar-refractivity contribution in [2.75, 3.05) is 11.9 Å². The van der Waals surface area contributed by atoms with Gasteiger partial charge in [0.15, 0.2) is 0 Å². The van der Waals surface area contributed by atoms with Gasteiger partial charge in [-0.1, -0.05) is 51.1 Å². The Balaban J connectivity index is 1.84. The lowest BCUT2D eigenvalue weighted by Crippen LogP contribution is -2.14. The molecule has 0 atom stereocenters. The number of nitrogens with one attached hydrogen (secondary N) is 1. The maximum absolute atomic E-state index is 12.8. The molecule has 1 N–H and O–H groups in total. The molecule has 0 bridgehead atoms. The number of carbonyl (C=O) groups is 1. The normalized spacial score (nSPS) is 11.1. The zero-order chi connectivity index (χ0) is 22.4. The van der Waals surface area contributed by atoms with Crippen LogP contribution in [0.25, 0.3) is 0 Å². The average molecular weight is 482 g/mol. The first-order valence-electron chi connectivity index (χ1n) is 10.3. The summed E-state index contributed by atoms with van der Waals surface area (Å²) in [5, 5.41) is 2.94. The minimum atomic E-state index is -0.189. The lowest BCUT2D eigenvalue weighted by Gasteiger charge is -2.23. The molecule has 0 unspecified atom stereocenters. The third kappa shape index (κ3) is 5.88. The van der Waals surface area contributed by atoms with E-state index >= 15 is 0 Å². The van der Waals surface area contributed by atoms with Crippen LogP contribution in [0.1, 0.15) is 49.2 Å². The van der Waals surface area contributed by atoms with Crippen LogP contribution in [0.2, 0.25) is 0 Å². The molecule has 3 aromatic rings. The van der Waals surface area contributed by atoms with Crippen molar-refractivity contribution in [3.05, 3.63) is 87.9 Å². The zero-order valence-electron chi connectivity index (χ0n) is 18.4. The van der Waals surface area contributed by atoms with Gasteiger partial charge in [0.2, 0.25) is 0 Å². The molecule has 4 nitrogen and oxygen atoms in total. The van der Waals surface area contributed by atoms with Gasteiger partial charge in [-0.2, -0.15) is 0 Å². The number of halogens is 1. The number of anilines is 1. The van der Waals surface area contributed by atoms with Crippen molar-refractivity contribution >= 4 is 27.5 Å². The molecule has 1 amide bonds. The van der Waals surface area contributed by atoms with Crippen LogP contribution in [0.15, 0.2) is 71.2 Å². The molecule has 0 aromatic heterocycles. The second kappa shape index (κ2) is 10.0. The number of hydrogen-bond acceptors (Lipinski definition) is 3. The highest BCUT2D eigenvalue weighted by molar-refractivity contribution is 9.10. The van der Waals surface area contributed by atoms with Crippen molar-refractivity contribution in [3.8, 4) is 11.5 Å². The molecule has 0 spiro atoms. The van der Waals surface area contributed by atoms with Crippen molar-refractivity contribution in [3.63, 3.8) is 0 Å². The zero-order valence-corrected chi connectivity index (χ0v) is 20.0. The van der Waals surface area contributed by atoms with Crippen LogP contribution < -0.4 is 14.8 Å². The van der Waals surface area contributed by atoms with Crippen molar-refractivity contribution < 1.29 is 14.3 Å². The second-order valence-electron chi connectivity index (χ2n) is 8.22. The molecule has 0 radical (unpaired) electrons. The Kier molecular flexibility index (Phi) is 7.39. The summed E-state index contributed by atoms with van der Waals surface area (Å²) in [6, 6.07) is 21.0. The molecular weight excluding hydrogens is 454 g/mol. The number of hydrogen-bond donors (Lipinski definition) is 1.